The molecule has 2 N–H and O–H groups in total. The van der Waals surface area contributed by atoms with E-state index in [-0.39, 0.29) is 17.3 Å². The highest BCUT2D eigenvalue weighted by Crippen LogP contribution is 2.35. The molecule has 0 bridgehead atoms. The van der Waals surface area contributed by atoms with Gasteiger partial charge in [0.2, 0.25) is 5.16 Å². The number of hydrazine groups is 1. The van der Waals surface area contributed by atoms with Crippen molar-refractivity contribution in [2.45, 2.75) is 42.8 Å². The Bertz CT molecular complexity index is 1010. The molecule has 0 amide bonds. The summed E-state index contributed by atoms with van der Waals surface area (Å²) in [6.07, 6.45) is 0.901. The van der Waals surface area contributed by atoms with Gasteiger partial charge in [-0.3, -0.25) is 0 Å². The SMILES string of the molecule is Cc1ccc(C2=Nn3c(nnc3C3CC(c4ccccc4)NN3)SC2C)cc1. The summed E-state index contributed by atoms with van der Waals surface area (Å²) >= 11 is 1.71. The van der Waals surface area contributed by atoms with Gasteiger partial charge in [0.05, 0.1) is 17.0 Å². The Morgan fingerprint density at radius 3 is 2.50 bits per heavy atom. The van der Waals surface area contributed by atoms with Crippen molar-refractivity contribution in [1.29, 1.82) is 0 Å². The van der Waals surface area contributed by atoms with Crippen LogP contribution in [0.3, 0.4) is 0 Å². The third-order valence-electron chi connectivity index (χ3n) is 5.28. The highest BCUT2D eigenvalue weighted by molar-refractivity contribution is 8.00. The quantitative estimate of drug-likeness (QED) is 0.715. The highest BCUT2D eigenvalue weighted by Gasteiger charge is 2.33. The van der Waals surface area contributed by atoms with Gasteiger partial charge in [-0.05, 0) is 31.4 Å². The first kappa shape index (κ1) is 17.6. The predicted molar refractivity (Wildman–Crippen MR) is 111 cm³/mol. The molecule has 142 valence electrons. The number of aromatic nitrogens is 3. The zero-order valence-electron chi connectivity index (χ0n) is 15.8. The first-order valence-corrected chi connectivity index (χ1v) is 10.4. The number of benzene rings is 2. The summed E-state index contributed by atoms with van der Waals surface area (Å²) in [4.78, 5) is 0. The van der Waals surface area contributed by atoms with E-state index in [0.29, 0.717) is 0 Å². The average molecular weight is 391 g/mol. The van der Waals surface area contributed by atoms with Gasteiger partial charge in [-0.1, -0.05) is 71.9 Å². The zero-order chi connectivity index (χ0) is 19.1. The maximum absolute atomic E-state index is 4.95. The van der Waals surface area contributed by atoms with Crippen LogP contribution in [0, 0.1) is 6.92 Å². The number of hydrogen-bond acceptors (Lipinski definition) is 6. The summed E-state index contributed by atoms with van der Waals surface area (Å²) in [5.41, 5.74) is 11.5. The molecule has 3 unspecified atom stereocenters. The van der Waals surface area contributed by atoms with Crippen molar-refractivity contribution in [2.75, 3.05) is 0 Å². The molecule has 3 heterocycles. The summed E-state index contributed by atoms with van der Waals surface area (Å²) in [6.45, 7) is 4.27. The summed E-state index contributed by atoms with van der Waals surface area (Å²) in [7, 11) is 0. The minimum absolute atomic E-state index is 0.0588. The van der Waals surface area contributed by atoms with Crippen molar-refractivity contribution in [3.05, 3.63) is 77.1 Å². The first-order chi connectivity index (χ1) is 13.7. The van der Waals surface area contributed by atoms with Crippen molar-refractivity contribution in [3.8, 4) is 0 Å². The molecule has 0 aliphatic carbocycles. The van der Waals surface area contributed by atoms with E-state index in [1.807, 2.05) is 10.7 Å². The number of thioether (sulfide) groups is 1. The molecule has 0 saturated carbocycles. The molecule has 28 heavy (non-hydrogen) atoms. The van der Waals surface area contributed by atoms with Gasteiger partial charge in [0.15, 0.2) is 5.82 Å². The molecule has 7 heteroatoms. The number of nitrogens with one attached hydrogen (secondary N) is 2. The monoisotopic (exact) mass is 390 g/mol. The molecule has 2 aliphatic heterocycles. The summed E-state index contributed by atoms with van der Waals surface area (Å²) in [5.74, 6) is 0.852. The summed E-state index contributed by atoms with van der Waals surface area (Å²) in [6, 6.07) is 19.3. The van der Waals surface area contributed by atoms with Gasteiger partial charge in [-0.25, -0.2) is 10.9 Å². The Labute approximate surface area is 168 Å². The Morgan fingerprint density at radius 2 is 1.71 bits per heavy atom. The molecular weight excluding hydrogens is 368 g/mol. The van der Waals surface area contributed by atoms with Crippen LogP contribution in [0.1, 0.15) is 47.9 Å². The number of rotatable bonds is 3. The molecule has 1 fully saturated rings. The molecule has 3 atom stereocenters. The molecular formula is C21H22N6S. The predicted octanol–water partition coefficient (Wildman–Crippen LogP) is 3.61. The maximum Gasteiger partial charge on any atom is 0.212 e. The van der Waals surface area contributed by atoms with Gasteiger partial charge in [0, 0.05) is 6.04 Å². The molecule has 1 saturated heterocycles. The van der Waals surface area contributed by atoms with Crippen molar-refractivity contribution in [2.24, 2.45) is 5.10 Å². The van der Waals surface area contributed by atoms with E-state index < -0.39 is 0 Å². The minimum Gasteiger partial charge on any atom is -0.250 e. The lowest BCUT2D eigenvalue weighted by Gasteiger charge is -2.21. The highest BCUT2D eigenvalue weighted by atomic mass is 32.2. The van der Waals surface area contributed by atoms with Crippen LogP contribution in [0.4, 0.5) is 0 Å². The van der Waals surface area contributed by atoms with Crippen LogP contribution in [-0.4, -0.2) is 25.8 Å². The van der Waals surface area contributed by atoms with E-state index in [0.717, 1.165) is 28.7 Å². The standard InChI is InChI=1S/C21H22N6S/c1-13-8-10-16(11-9-13)19-14(2)28-21-25-24-20(27(21)26-19)18-12-17(22-23-18)15-6-4-3-5-7-15/h3-11,14,17-18,22-23H,12H2,1-2H3. The van der Waals surface area contributed by atoms with E-state index in [9.17, 15) is 0 Å². The smallest absolute Gasteiger partial charge is 0.212 e. The van der Waals surface area contributed by atoms with Gasteiger partial charge in [-0.15, -0.1) is 10.2 Å². The van der Waals surface area contributed by atoms with E-state index >= 15 is 0 Å². The van der Waals surface area contributed by atoms with E-state index in [4.69, 9.17) is 5.10 Å². The zero-order valence-corrected chi connectivity index (χ0v) is 16.6. The summed E-state index contributed by atoms with van der Waals surface area (Å²) in [5, 5.41) is 14.9. The number of hydrogen-bond donors (Lipinski definition) is 2. The van der Waals surface area contributed by atoms with Gasteiger partial charge in [0.1, 0.15) is 0 Å². The lowest BCUT2D eigenvalue weighted by atomic mass is 10.0. The maximum atomic E-state index is 4.95. The lowest BCUT2D eigenvalue weighted by Crippen LogP contribution is -2.28. The fraction of sp³-hybridized carbons (Fsp3) is 0.286. The largest absolute Gasteiger partial charge is 0.250 e. The van der Waals surface area contributed by atoms with Crippen LogP contribution in [-0.2, 0) is 0 Å². The van der Waals surface area contributed by atoms with Crippen molar-refractivity contribution in [3.63, 3.8) is 0 Å². The van der Waals surface area contributed by atoms with Crippen LogP contribution in [0.2, 0.25) is 0 Å². The van der Waals surface area contributed by atoms with E-state index in [1.165, 1.54) is 11.1 Å². The normalized spacial score (nSPS) is 24.1. The first-order valence-electron chi connectivity index (χ1n) is 9.53. The molecule has 2 aromatic carbocycles. The number of aryl methyl sites for hydroxylation is 1. The number of nitrogens with zero attached hydrogens (tertiary/aromatic N) is 4. The Kier molecular flexibility index (Phi) is 4.50. The molecule has 2 aliphatic rings. The van der Waals surface area contributed by atoms with Crippen molar-refractivity contribution in [1.82, 2.24) is 25.7 Å². The van der Waals surface area contributed by atoms with Gasteiger partial charge in [0.25, 0.3) is 0 Å². The van der Waals surface area contributed by atoms with Crippen LogP contribution < -0.4 is 10.9 Å². The fourth-order valence-corrected chi connectivity index (χ4v) is 4.64. The Balaban J connectivity index is 1.45. The van der Waals surface area contributed by atoms with Gasteiger partial charge >= 0.3 is 0 Å². The molecule has 1 aromatic heterocycles. The van der Waals surface area contributed by atoms with Gasteiger partial charge < -0.3 is 0 Å². The Hall–Kier alpha value is -2.48. The average Bonchev–Trinajstić information content (AvgIpc) is 3.35. The van der Waals surface area contributed by atoms with Crippen LogP contribution in [0.5, 0.6) is 0 Å². The molecule has 5 rings (SSSR count). The molecule has 0 spiro atoms. The fourth-order valence-electron chi connectivity index (χ4n) is 3.71. The second-order valence-corrected chi connectivity index (χ2v) is 8.61. The van der Waals surface area contributed by atoms with Crippen LogP contribution in [0.25, 0.3) is 0 Å². The third-order valence-corrected chi connectivity index (χ3v) is 6.32. The second-order valence-electron chi connectivity index (χ2n) is 7.30. The van der Waals surface area contributed by atoms with Crippen molar-refractivity contribution < 1.29 is 0 Å². The molecule has 0 radical (unpaired) electrons. The van der Waals surface area contributed by atoms with Crippen LogP contribution in [0.15, 0.2) is 64.9 Å². The van der Waals surface area contributed by atoms with Gasteiger partial charge in [-0.2, -0.15) is 9.78 Å². The summed E-state index contributed by atoms with van der Waals surface area (Å²) < 4.78 is 1.91. The second kappa shape index (κ2) is 7.16. The van der Waals surface area contributed by atoms with Crippen molar-refractivity contribution >= 4 is 17.5 Å². The van der Waals surface area contributed by atoms with E-state index in [1.54, 1.807) is 11.8 Å². The molecule has 6 nitrogen and oxygen atoms in total. The number of fused-ring (bicyclic) bond motifs is 1. The van der Waals surface area contributed by atoms with E-state index in [2.05, 4.69) is 83.4 Å². The molecule has 3 aromatic rings. The lowest BCUT2D eigenvalue weighted by molar-refractivity contribution is 0.520. The topological polar surface area (TPSA) is 67.1 Å². The van der Waals surface area contributed by atoms with Crippen LogP contribution >= 0.6 is 11.8 Å². The Morgan fingerprint density at radius 1 is 0.964 bits per heavy atom. The third kappa shape index (κ3) is 3.15. The minimum atomic E-state index is 0.0588.